The molecule has 0 aliphatic rings. The second kappa shape index (κ2) is 8.20. The zero-order valence-corrected chi connectivity index (χ0v) is 11.6. The van der Waals surface area contributed by atoms with Gasteiger partial charge in [-0.3, -0.25) is 14.6 Å². The van der Waals surface area contributed by atoms with E-state index < -0.39 is 29.8 Å². The molecule has 2 N–H and O–H groups in total. The summed E-state index contributed by atoms with van der Waals surface area (Å²) in [5, 5.41) is 0. The fourth-order valence-corrected chi connectivity index (χ4v) is 1.96. The van der Waals surface area contributed by atoms with Gasteiger partial charge in [0.2, 0.25) is 0 Å². The first-order valence-electron chi connectivity index (χ1n) is 5.72. The summed E-state index contributed by atoms with van der Waals surface area (Å²) in [6, 6.07) is 0. The first kappa shape index (κ1) is 16.0. The van der Waals surface area contributed by atoms with Crippen molar-refractivity contribution in [1.29, 1.82) is 0 Å². The van der Waals surface area contributed by atoms with Crippen LogP contribution in [0.3, 0.4) is 0 Å². The normalized spacial score (nSPS) is 10.1. The van der Waals surface area contributed by atoms with Crippen molar-refractivity contribution in [2.45, 2.75) is 12.7 Å². The van der Waals surface area contributed by atoms with Crippen molar-refractivity contribution in [3.8, 4) is 0 Å². The molecule has 0 amide bonds. The molecule has 1 aromatic heterocycles. The number of H-pyrrole nitrogens is 2. The van der Waals surface area contributed by atoms with Crippen LogP contribution in [-0.2, 0) is 24.8 Å². The van der Waals surface area contributed by atoms with Crippen LogP contribution in [0.25, 0.3) is 0 Å². The summed E-state index contributed by atoms with van der Waals surface area (Å²) in [5.74, 6) is -0.967. The van der Waals surface area contributed by atoms with E-state index in [1.165, 1.54) is 6.20 Å². The minimum absolute atomic E-state index is 0.0159. The maximum absolute atomic E-state index is 11.3. The van der Waals surface area contributed by atoms with E-state index in [1.807, 2.05) is 0 Å². The van der Waals surface area contributed by atoms with Crippen LogP contribution in [0.1, 0.15) is 12.5 Å². The Hall–Kier alpha value is -2.03. The third kappa shape index (κ3) is 5.74. The largest absolute Gasteiger partial charge is 0.463 e. The monoisotopic (exact) mass is 302 g/mol. The molecular weight excluding hydrogens is 288 g/mol. The molecule has 0 bridgehead atoms. The Morgan fingerprint density at radius 2 is 2.00 bits per heavy atom. The van der Waals surface area contributed by atoms with Gasteiger partial charge in [-0.2, -0.15) is 0 Å². The summed E-state index contributed by atoms with van der Waals surface area (Å²) >= 11 is 1.13. The maximum Gasteiger partial charge on any atom is 0.344 e. The summed E-state index contributed by atoms with van der Waals surface area (Å²) in [7, 11) is 0. The summed E-state index contributed by atoms with van der Waals surface area (Å²) in [4.78, 5) is 48.8. The molecule has 0 atom stereocenters. The summed E-state index contributed by atoms with van der Waals surface area (Å²) in [5.41, 5.74) is -0.744. The number of aromatic amines is 2. The predicted molar refractivity (Wildman–Crippen MR) is 71.4 cm³/mol. The van der Waals surface area contributed by atoms with Gasteiger partial charge in [0.25, 0.3) is 5.56 Å². The molecule has 0 saturated heterocycles. The van der Waals surface area contributed by atoms with E-state index in [9.17, 15) is 19.2 Å². The minimum atomic E-state index is -0.608. The van der Waals surface area contributed by atoms with E-state index in [2.05, 4.69) is 19.4 Å². The second-order valence-corrected chi connectivity index (χ2v) is 4.54. The van der Waals surface area contributed by atoms with Crippen molar-refractivity contribution in [1.82, 2.24) is 9.97 Å². The van der Waals surface area contributed by atoms with E-state index in [1.54, 1.807) is 6.92 Å². The van der Waals surface area contributed by atoms with Gasteiger partial charge in [0.05, 0.1) is 12.4 Å². The zero-order chi connectivity index (χ0) is 15.0. The number of esters is 2. The van der Waals surface area contributed by atoms with Crippen molar-refractivity contribution < 1.29 is 19.1 Å². The molecule has 0 saturated carbocycles. The Balaban J connectivity index is 2.30. The molecule has 0 spiro atoms. The van der Waals surface area contributed by atoms with Gasteiger partial charge in [-0.25, -0.2) is 9.59 Å². The van der Waals surface area contributed by atoms with Gasteiger partial charge < -0.3 is 14.5 Å². The fraction of sp³-hybridized carbons (Fsp3) is 0.455. The fourth-order valence-electron chi connectivity index (χ4n) is 1.17. The number of hydrogen-bond acceptors (Lipinski definition) is 7. The predicted octanol–water partition coefficient (Wildman–Crippen LogP) is -0.597. The van der Waals surface area contributed by atoms with E-state index >= 15 is 0 Å². The summed E-state index contributed by atoms with van der Waals surface area (Å²) in [6.07, 6.45) is 1.29. The van der Waals surface area contributed by atoms with Crippen LogP contribution in [0.4, 0.5) is 0 Å². The Morgan fingerprint density at radius 3 is 2.65 bits per heavy atom. The quantitative estimate of drug-likeness (QED) is 0.646. The highest BCUT2D eigenvalue weighted by atomic mass is 32.2. The number of thioether (sulfide) groups is 1. The van der Waals surface area contributed by atoms with Crippen LogP contribution >= 0.6 is 11.8 Å². The average molecular weight is 302 g/mol. The lowest BCUT2D eigenvalue weighted by Crippen LogP contribution is -2.24. The van der Waals surface area contributed by atoms with Gasteiger partial charge in [-0.05, 0) is 6.92 Å². The Morgan fingerprint density at radius 1 is 1.25 bits per heavy atom. The molecule has 1 rings (SSSR count). The lowest BCUT2D eigenvalue weighted by molar-refractivity contribution is -0.156. The molecule has 0 radical (unpaired) electrons. The Bertz CT molecular complexity index is 579. The number of aromatic nitrogens is 2. The lowest BCUT2D eigenvalue weighted by atomic mass is 10.4. The molecule has 8 nitrogen and oxygen atoms in total. The first-order valence-corrected chi connectivity index (χ1v) is 6.88. The van der Waals surface area contributed by atoms with E-state index in [0.29, 0.717) is 5.56 Å². The standard InChI is InChI=1S/C11H14N2O6S/c1-2-18-8(14)4-19-9(15)6-20-5-7-3-12-11(17)13-10(7)16/h3H,2,4-6H2,1H3,(H2,12,13,16,17). The molecule has 0 unspecified atom stereocenters. The van der Waals surface area contributed by atoms with Crippen molar-refractivity contribution in [3.63, 3.8) is 0 Å². The van der Waals surface area contributed by atoms with Crippen LogP contribution < -0.4 is 11.2 Å². The molecule has 1 aromatic rings. The van der Waals surface area contributed by atoms with Gasteiger partial charge in [0.15, 0.2) is 6.61 Å². The summed E-state index contributed by atoms with van der Waals surface area (Å²) in [6.45, 7) is 1.45. The van der Waals surface area contributed by atoms with Gasteiger partial charge in [0.1, 0.15) is 0 Å². The van der Waals surface area contributed by atoms with Gasteiger partial charge >= 0.3 is 17.6 Å². The lowest BCUT2D eigenvalue weighted by Gasteiger charge is -2.04. The molecule has 110 valence electrons. The minimum Gasteiger partial charge on any atom is -0.463 e. The second-order valence-electron chi connectivity index (χ2n) is 3.56. The van der Waals surface area contributed by atoms with Crippen LogP contribution in [0.2, 0.25) is 0 Å². The van der Waals surface area contributed by atoms with Gasteiger partial charge in [0, 0.05) is 17.5 Å². The number of carbonyl (C=O) groups is 2. The zero-order valence-electron chi connectivity index (χ0n) is 10.8. The van der Waals surface area contributed by atoms with Crippen LogP contribution in [-0.4, -0.2) is 40.9 Å². The third-order valence-corrected chi connectivity index (χ3v) is 2.98. The summed E-state index contributed by atoms with van der Waals surface area (Å²) < 4.78 is 9.26. The molecule has 0 aromatic carbocycles. The molecule has 9 heteroatoms. The molecule has 0 fully saturated rings. The Labute approximate surface area is 117 Å². The van der Waals surface area contributed by atoms with Gasteiger partial charge in [-0.1, -0.05) is 0 Å². The number of nitrogens with one attached hydrogen (secondary N) is 2. The van der Waals surface area contributed by atoms with E-state index in [0.717, 1.165) is 11.8 Å². The van der Waals surface area contributed by atoms with Gasteiger partial charge in [-0.15, -0.1) is 11.8 Å². The van der Waals surface area contributed by atoms with Crippen LogP contribution in [0.5, 0.6) is 0 Å². The van der Waals surface area contributed by atoms with Crippen molar-refractivity contribution in [2.75, 3.05) is 19.0 Å². The third-order valence-electron chi connectivity index (χ3n) is 2.03. The smallest absolute Gasteiger partial charge is 0.344 e. The van der Waals surface area contributed by atoms with Crippen molar-refractivity contribution in [3.05, 3.63) is 32.6 Å². The molecule has 0 aliphatic carbocycles. The van der Waals surface area contributed by atoms with Crippen LogP contribution in [0.15, 0.2) is 15.8 Å². The number of rotatable bonds is 7. The Kier molecular flexibility index (Phi) is 6.57. The molecule has 0 aliphatic heterocycles. The highest BCUT2D eigenvalue weighted by Gasteiger charge is 2.09. The topological polar surface area (TPSA) is 118 Å². The highest BCUT2D eigenvalue weighted by Crippen LogP contribution is 2.07. The van der Waals surface area contributed by atoms with E-state index in [-0.39, 0.29) is 18.1 Å². The average Bonchev–Trinajstić information content (AvgIpc) is 2.39. The number of carbonyl (C=O) groups excluding carboxylic acids is 2. The molecular formula is C11H14N2O6S. The molecule has 1 heterocycles. The van der Waals surface area contributed by atoms with Crippen LogP contribution in [0, 0.1) is 0 Å². The molecule has 20 heavy (non-hydrogen) atoms. The first-order chi connectivity index (χ1) is 9.52. The number of ether oxygens (including phenoxy) is 2. The van der Waals surface area contributed by atoms with Crippen molar-refractivity contribution >= 4 is 23.7 Å². The maximum atomic E-state index is 11.3. The van der Waals surface area contributed by atoms with E-state index in [4.69, 9.17) is 0 Å². The number of hydrogen-bond donors (Lipinski definition) is 2. The highest BCUT2D eigenvalue weighted by molar-refractivity contribution is 7.99. The van der Waals surface area contributed by atoms with Crippen molar-refractivity contribution in [2.24, 2.45) is 0 Å². The SMILES string of the molecule is CCOC(=O)COC(=O)CSCc1c[nH]c(=O)[nH]c1=O.